The predicted octanol–water partition coefficient (Wildman–Crippen LogP) is 2.55. The Kier molecular flexibility index (Phi) is 5.56. The molecule has 0 aliphatic heterocycles. The van der Waals surface area contributed by atoms with Gasteiger partial charge in [-0.15, -0.1) is 0 Å². The van der Waals surface area contributed by atoms with Gasteiger partial charge >= 0.3 is 0 Å². The Labute approximate surface area is 136 Å². The SMILES string of the molecule is Cc1cc(-c2cccc(OCCCN(C)C)c2)c(C#N)c(=O)[nH]1. The Bertz CT molecular complexity index is 773. The fourth-order valence-corrected chi connectivity index (χ4v) is 2.35. The minimum Gasteiger partial charge on any atom is -0.494 e. The van der Waals surface area contributed by atoms with Crippen molar-refractivity contribution in [2.45, 2.75) is 13.3 Å². The highest BCUT2D eigenvalue weighted by atomic mass is 16.5. The van der Waals surface area contributed by atoms with Gasteiger partial charge < -0.3 is 14.6 Å². The van der Waals surface area contributed by atoms with Gasteiger partial charge in [0.2, 0.25) is 0 Å². The van der Waals surface area contributed by atoms with E-state index in [1.807, 2.05) is 50.5 Å². The minimum atomic E-state index is -0.361. The molecule has 1 aromatic heterocycles. The van der Waals surface area contributed by atoms with E-state index < -0.39 is 0 Å². The summed E-state index contributed by atoms with van der Waals surface area (Å²) < 4.78 is 5.76. The maximum absolute atomic E-state index is 11.9. The molecule has 0 spiro atoms. The lowest BCUT2D eigenvalue weighted by atomic mass is 10.0. The highest BCUT2D eigenvalue weighted by Crippen LogP contribution is 2.25. The molecule has 0 aliphatic rings. The van der Waals surface area contributed by atoms with Crippen LogP contribution in [0, 0.1) is 18.3 Å². The average molecular weight is 311 g/mol. The zero-order valence-corrected chi connectivity index (χ0v) is 13.7. The van der Waals surface area contributed by atoms with Crippen LogP contribution in [0.25, 0.3) is 11.1 Å². The monoisotopic (exact) mass is 311 g/mol. The first-order valence-corrected chi connectivity index (χ1v) is 7.53. The van der Waals surface area contributed by atoms with Crippen LogP contribution in [-0.2, 0) is 0 Å². The first-order valence-electron chi connectivity index (χ1n) is 7.53. The fourth-order valence-electron chi connectivity index (χ4n) is 2.35. The topological polar surface area (TPSA) is 69.1 Å². The second-order valence-electron chi connectivity index (χ2n) is 5.72. The van der Waals surface area contributed by atoms with Crippen molar-refractivity contribution in [1.82, 2.24) is 9.88 Å². The van der Waals surface area contributed by atoms with E-state index in [-0.39, 0.29) is 11.1 Å². The van der Waals surface area contributed by atoms with E-state index in [2.05, 4.69) is 9.88 Å². The summed E-state index contributed by atoms with van der Waals surface area (Å²) in [4.78, 5) is 16.7. The quantitative estimate of drug-likeness (QED) is 0.832. The second-order valence-corrected chi connectivity index (χ2v) is 5.72. The number of rotatable bonds is 6. The molecule has 0 aliphatic carbocycles. The van der Waals surface area contributed by atoms with Crippen LogP contribution in [0.15, 0.2) is 35.1 Å². The van der Waals surface area contributed by atoms with E-state index in [0.717, 1.165) is 30.0 Å². The molecule has 0 amide bonds. The van der Waals surface area contributed by atoms with Crippen LogP contribution >= 0.6 is 0 Å². The molecular weight excluding hydrogens is 290 g/mol. The van der Waals surface area contributed by atoms with Gasteiger partial charge in [-0.25, -0.2) is 0 Å². The van der Waals surface area contributed by atoms with E-state index >= 15 is 0 Å². The summed E-state index contributed by atoms with van der Waals surface area (Å²) in [6.45, 7) is 3.39. The number of nitrogens with zero attached hydrogens (tertiary/aromatic N) is 2. The number of aromatic amines is 1. The zero-order chi connectivity index (χ0) is 16.8. The molecule has 1 N–H and O–H groups in total. The van der Waals surface area contributed by atoms with Crippen molar-refractivity contribution in [3.63, 3.8) is 0 Å². The second kappa shape index (κ2) is 7.61. The molecule has 0 saturated heterocycles. The third-order valence-corrected chi connectivity index (χ3v) is 3.44. The van der Waals surface area contributed by atoms with Crippen LogP contribution in [0.5, 0.6) is 5.75 Å². The number of aromatic nitrogens is 1. The summed E-state index contributed by atoms with van der Waals surface area (Å²) in [5, 5.41) is 9.24. The van der Waals surface area contributed by atoms with Crippen LogP contribution in [0.2, 0.25) is 0 Å². The number of H-pyrrole nitrogens is 1. The molecule has 5 nitrogen and oxygen atoms in total. The number of benzene rings is 1. The molecule has 120 valence electrons. The molecule has 2 rings (SSSR count). The number of nitrogens with one attached hydrogen (secondary N) is 1. The third kappa shape index (κ3) is 4.44. The number of pyridine rings is 1. The molecule has 0 unspecified atom stereocenters. The first kappa shape index (κ1) is 16.8. The number of aryl methyl sites for hydroxylation is 1. The van der Waals surface area contributed by atoms with Crippen LogP contribution in [-0.4, -0.2) is 37.1 Å². The summed E-state index contributed by atoms with van der Waals surface area (Å²) in [5.41, 5.74) is 1.93. The first-order chi connectivity index (χ1) is 11.0. The molecule has 23 heavy (non-hydrogen) atoms. The van der Waals surface area contributed by atoms with Crippen molar-refractivity contribution in [2.24, 2.45) is 0 Å². The Morgan fingerprint density at radius 3 is 2.78 bits per heavy atom. The van der Waals surface area contributed by atoms with Crippen molar-refractivity contribution >= 4 is 0 Å². The van der Waals surface area contributed by atoms with Crippen LogP contribution in [0.3, 0.4) is 0 Å². The summed E-state index contributed by atoms with van der Waals surface area (Å²) in [7, 11) is 4.05. The number of hydrogen-bond donors (Lipinski definition) is 1. The molecular formula is C18H21N3O2. The minimum absolute atomic E-state index is 0.125. The number of nitriles is 1. The smallest absolute Gasteiger partial charge is 0.266 e. The van der Waals surface area contributed by atoms with Gasteiger partial charge in [0.05, 0.1) is 6.61 Å². The van der Waals surface area contributed by atoms with Gasteiger partial charge in [0.15, 0.2) is 0 Å². The van der Waals surface area contributed by atoms with E-state index in [1.54, 1.807) is 6.92 Å². The molecule has 1 aromatic carbocycles. The number of hydrogen-bond acceptors (Lipinski definition) is 4. The number of ether oxygens (including phenoxy) is 1. The third-order valence-electron chi connectivity index (χ3n) is 3.44. The average Bonchev–Trinajstić information content (AvgIpc) is 2.51. The van der Waals surface area contributed by atoms with E-state index in [4.69, 9.17) is 4.74 Å². The van der Waals surface area contributed by atoms with Crippen molar-refractivity contribution < 1.29 is 4.74 Å². The highest BCUT2D eigenvalue weighted by molar-refractivity contribution is 5.71. The van der Waals surface area contributed by atoms with E-state index in [9.17, 15) is 10.1 Å². The van der Waals surface area contributed by atoms with Gasteiger partial charge in [-0.2, -0.15) is 5.26 Å². The van der Waals surface area contributed by atoms with Crippen LogP contribution in [0.4, 0.5) is 0 Å². The lowest BCUT2D eigenvalue weighted by molar-refractivity contribution is 0.281. The van der Waals surface area contributed by atoms with Gasteiger partial charge in [0.1, 0.15) is 17.4 Å². The molecule has 1 heterocycles. The van der Waals surface area contributed by atoms with Crippen LogP contribution in [0.1, 0.15) is 17.7 Å². The maximum Gasteiger partial charge on any atom is 0.266 e. The van der Waals surface area contributed by atoms with Crippen molar-refractivity contribution in [1.29, 1.82) is 5.26 Å². The molecule has 0 bridgehead atoms. The molecule has 5 heteroatoms. The Balaban J connectivity index is 2.24. The Morgan fingerprint density at radius 1 is 1.30 bits per heavy atom. The van der Waals surface area contributed by atoms with Crippen LogP contribution < -0.4 is 10.3 Å². The predicted molar refractivity (Wildman–Crippen MR) is 90.6 cm³/mol. The van der Waals surface area contributed by atoms with Crippen molar-refractivity contribution in [3.8, 4) is 22.9 Å². The molecule has 0 atom stereocenters. The standard InChI is InChI=1S/C18H21N3O2/c1-13-10-16(17(12-19)18(22)20-13)14-6-4-7-15(11-14)23-9-5-8-21(2)3/h4,6-7,10-11H,5,8-9H2,1-3H3,(H,20,22). The van der Waals surface area contributed by atoms with Gasteiger partial charge in [-0.3, -0.25) is 4.79 Å². The summed E-state index contributed by atoms with van der Waals surface area (Å²) in [6, 6.07) is 11.3. The van der Waals surface area contributed by atoms with Gasteiger partial charge in [-0.1, -0.05) is 12.1 Å². The zero-order valence-electron chi connectivity index (χ0n) is 13.7. The van der Waals surface area contributed by atoms with Gasteiger partial charge in [-0.05, 0) is 51.2 Å². The van der Waals surface area contributed by atoms with E-state index in [1.165, 1.54) is 0 Å². The van der Waals surface area contributed by atoms with Gasteiger partial charge in [0, 0.05) is 17.8 Å². The lowest BCUT2D eigenvalue weighted by Gasteiger charge is -2.11. The molecule has 2 aromatic rings. The molecule has 0 saturated carbocycles. The Hall–Kier alpha value is -2.58. The van der Waals surface area contributed by atoms with E-state index in [0.29, 0.717) is 12.2 Å². The van der Waals surface area contributed by atoms with Crippen molar-refractivity contribution in [2.75, 3.05) is 27.2 Å². The van der Waals surface area contributed by atoms with Crippen molar-refractivity contribution in [3.05, 3.63) is 51.9 Å². The summed E-state index contributed by atoms with van der Waals surface area (Å²) >= 11 is 0. The fraction of sp³-hybridized carbons (Fsp3) is 0.333. The molecule has 0 radical (unpaired) electrons. The maximum atomic E-state index is 11.9. The largest absolute Gasteiger partial charge is 0.494 e. The molecule has 0 fully saturated rings. The summed E-state index contributed by atoms with van der Waals surface area (Å²) in [5.74, 6) is 0.739. The summed E-state index contributed by atoms with van der Waals surface area (Å²) in [6.07, 6.45) is 0.935. The Morgan fingerprint density at radius 2 is 2.09 bits per heavy atom. The lowest BCUT2D eigenvalue weighted by Crippen LogP contribution is -2.15. The highest BCUT2D eigenvalue weighted by Gasteiger charge is 2.10. The van der Waals surface area contributed by atoms with Gasteiger partial charge in [0.25, 0.3) is 5.56 Å². The normalized spacial score (nSPS) is 10.6.